The molecular weight excluding hydrogens is 330 g/mol. The molecule has 0 atom stereocenters. The summed E-state index contributed by atoms with van der Waals surface area (Å²) in [6, 6.07) is 8.73. The van der Waals surface area contributed by atoms with Crippen molar-refractivity contribution in [3.8, 4) is 11.5 Å². The van der Waals surface area contributed by atoms with E-state index in [-0.39, 0.29) is 11.7 Å². The van der Waals surface area contributed by atoms with Crippen molar-refractivity contribution in [2.75, 3.05) is 25.3 Å². The van der Waals surface area contributed by atoms with Crippen LogP contribution in [0, 0.1) is 0 Å². The average Bonchev–Trinajstić information content (AvgIpc) is 3.03. The fraction of sp³-hybridized carbons (Fsp3) is 0.188. The van der Waals surface area contributed by atoms with E-state index in [0.717, 1.165) is 0 Å². The number of anilines is 1. The first-order valence-corrected chi connectivity index (χ1v) is 8.04. The Morgan fingerprint density at radius 3 is 2.92 bits per heavy atom. The summed E-state index contributed by atoms with van der Waals surface area (Å²) in [5, 5.41) is 3.19. The van der Waals surface area contributed by atoms with Crippen LogP contribution < -0.4 is 14.8 Å². The van der Waals surface area contributed by atoms with E-state index in [0.29, 0.717) is 33.6 Å². The molecule has 0 spiro atoms. The van der Waals surface area contributed by atoms with Gasteiger partial charge in [-0.05, 0) is 24.3 Å². The lowest BCUT2D eigenvalue weighted by Gasteiger charge is -2.11. The van der Waals surface area contributed by atoms with E-state index < -0.39 is 0 Å². The van der Waals surface area contributed by atoms with Gasteiger partial charge in [-0.1, -0.05) is 11.8 Å². The van der Waals surface area contributed by atoms with E-state index in [1.807, 2.05) is 0 Å². The number of carbonyl (C=O) groups is 1. The molecule has 2 heterocycles. The molecular formula is C16H15N3O4S. The zero-order valence-corrected chi connectivity index (χ0v) is 13.9. The second kappa shape index (κ2) is 7.22. The first-order valence-electron chi connectivity index (χ1n) is 7.06. The summed E-state index contributed by atoms with van der Waals surface area (Å²) >= 11 is 1.20. The minimum atomic E-state index is -0.196. The maximum Gasteiger partial charge on any atom is 0.258 e. The van der Waals surface area contributed by atoms with Crippen molar-refractivity contribution in [2.24, 2.45) is 0 Å². The maximum atomic E-state index is 12.1. The highest BCUT2D eigenvalue weighted by Gasteiger charge is 2.12. The Morgan fingerprint density at radius 1 is 1.29 bits per heavy atom. The number of rotatable bonds is 6. The molecule has 0 fully saturated rings. The molecule has 3 aromatic rings. The Morgan fingerprint density at radius 2 is 2.17 bits per heavy atom. The highest BCUT2D eigenvalue weighted by molar-refractivity contribution is 7.99. The average molecular weight is 345 g/mol. The molecule has 2 aromatic heterocycles. The number of fused-ring (bicyclic) bond motifs is 1. The van der Waals surface area contributed by atoms with Gasteiger partial charge in [0.25, 0.3) is 5.22 Å². The van der Waals surface area contributed by atoms with Gasteiger partial charge >= 0.3 is 0 Å². The zero-order chi connectivity index (χ0) is 16.9. The largest absolute Gasteiger partial charge is 0.497 e. The lowest BCUT2D eigenvalue weighted by Crippen LogP contribution is -2.14. The van der Waals surface area contributed by atoms with Crippen molar-refractivity contribution in [1.29, 1.82) is 0 Å². The number of amides is 1. The summed E-state index contributed by atoms with van der Waals surface area (Å²) in [7, 11) is 3.10. The molecule has 24 heavy (non-hydrogen) atoms. The number of oxazole rings is 1. The highest BCUT2D eigenvalue weighted by Crippen LogP contribution is 2.29. The summed E-state index contributed by atoms with van der Waals surface area (Å²) in [5.74, 6) is 1.14. The molecule has 0 aliphatic heterocycles. The van der Waals surface area contributed by atoms with Crippen LogP contribution in [0.1, 0.15) is 0 Å². The molecule has 0 saturated carbocycles. The van der Waals surface area contributed by atoms with Crippen molar-refractivity contribution >= 4 is 34.6 Å². The van der Waals surface area contributed by atoms with Crippen LogP contribution in [0.15, 0.2) is 46.2 Å². The Balaban J connectivity index is 1.63. The minimum absolute atomic E-state index is 0.155. The van der Waals surface area contributed by atoms with E-state index in [2.05, 4.69) is 15.3 Å². The number of benzene rings is 1. The van der Waals surface area contributed by atoms with Crippen LogP contribution in [-0.2, 0) is 4.79 Å². The van der Waals surface area contributed by atoms with Crippen LogP contribution in [-0.4, -0.2) is 35.8 Å². The SMILES string of the molecule is COc1ccc(NC(=O)CSc2nc3ncccc3o2)c(OC)c1. The Labute approximate surface area is 142 Å². The van der Waals surface area contributed by atoms with E-state index in [4.69, 9.17) is 13.9 Å². The van der Waals surface area contributed by atoms with Crippen molar-refractivity contribution in [1.82, 2.24) is 9.97 Å². The maximum absolute atomic E-state index is 12.1. The minimum Gasteiger partial charge on any atom is -0.497 e. The molecule has 0 radical (unpaired) electrons. The Kier molecular flexibility index (Phi) is 4.85. The first kappa shape index (κ1) is 16.1. The molecule has 7 nitrogen and oxygen atoms in total. The monoisotopic (exact) mass is 345 g/mol. The van der Waals surface area contributed by atoms with Gasteiger partial charge in [0, 0.05) is 12.3 Å². The van der Waals surface area contributed by atoms with E-state index in [1.54, 1.807) is 43.6 Å². The fourth-order valence-corrected chi connectivity index (χ4v) is 2.65. The van der Waals surface area contributed by atoms with Crippen LogP contribution in [0.2, 0.25) is 0 Å². The highest BCUT2D eigenvalue weighted by atomic mass is 32.2. The third-order valence-electron chi connectivity index (χ3n) is 3.15. The summed E-state index contributed by atoms with van der Waals surface area (Å²) in [6.07, 6.45) is 1.64. The number of pyridine rings is 1. The molecule has 3 rings (SSSR count). The molecule has 0 aliphatic rings. The van der Waals surface area contributed by atoms with Gasteiger partial charge in [0.1, 0.15) is 11.5 Å². The van der Waals surface area contributed by atoms with Gasteiger partial charge in [0.15, 0.2) is 11.2 Å². The zero-order valence-electron chi connectivity index (χ0n) is 13.1. The van der Waals surface area contributed by atoms with Crippen molar-refractivity contribution in [3.63, 3.8) is 0 Å². The molecule has 1 aromatic carbocycles. The fourth-order valence-electron chi connectivity index (χ4n) is 2.03. The number of hydrogen-bond donors (Lipinski definition) is 1. The Hall–Kier alpha value is -2.74. The number of aromatic nitrogens is 2. The third kappa shape index (κ3) is 3.60. The quantitative estimate of drug-likeness (QED) is 0.687. The van der Waals surface area contributed by atoms with Crippen LogP contribution in [0.4, 0.5) is 5.69 Å². The molecule has 0 saturated heterocycles. The van der Waals surface area contributed by atoms with Crippen LogP contribution in [0.25, 0.3) is 11.2 Å². The number of nitrogens with zero attached hydrogens (tertiary/aromatic N) is 2. The number of ether oxygens (including phenoxy) is 2. The van der Waals surface area contributed by atoms with Gasteiger partial charge < -0.3 is 19.2 Å². The van der Waals surface area contributed by atoms with Crippen LogP contribution >= 0.6 is 11.8 Å². The number of carbonyl (C=O) groups excluding carboxylic acids is 1. The third-order valence-corrected chi connectivity index (χ3v) is 3.98. The molecule has 0 bridgehead atoms. The van der Waals surface area contributed by atoms with Gasteiger partial charge in [0.2, 0.25) is 5.91 Å². The number of hydrogen-bond acceptors (Lipinski definition) is 7. The van der Waals surface area contributed by atoms with E-state index in [1.165, 1.54) is 18.9 Å². The topological polar surface area (TPSA) is 86.5 Å². The molecule has 0 aliphatic carbocycles. The molecule has 124 valence electrons. The molecule has 1 N–H and O–H groups in total. The number of methoxy groups -OCH3 is 2. The Bertz CT molecular complexity index is 832. The summed E-state index contributed by atoms with van der Waals surface area (Å²) in [4.78, 5) is 20.4. The molecule has 1 amide bonds. The van der Waals surface area contributed by atoms with E-state index >= 15 is 0 Å². The van der Waals surface area contributed by atoms with E-state index in [9.17, 15) is 4.79 Å². The lowest BCUT2D eigenvalue weighted by atomic mass is 10.2. The van der Waals surface area contributed by atoms with Crippen LogP contribution in [0.3, 0.4) is 0 Å². The van der Waals surface area contributed by atoms with Gasteiger partial charge in [0.05, 0.1) is 25.7 Å². The van der Waals surface area contributed by atoms with Crippen molar-refractivity contribution in [3.05, 3.63) is 36.5 Å². The van der Waals surface area contributed by atoms with Crippen molar-refractivity contribution < 1.29 is 18.7 Å². The lowest BCUT2D eigenvalue weighted by molar-refractivity contribution is -0.113. The van der Waals surface area contributed by atoms with Crippen molar-refractivity contribution in [2.45, 2.75) is 5.22 Å². The molecule has 0 unspecified atom stereocenters. The number of thioether (sulfide) groups is 1. The van der Waals surface area contributed by atoms with Gasteiger partial charge in [-0.25, -0.2) is 4.98 Å². The van der Waals surface area contributed by atoms with Gasteiger partial charge in [-0.2, -0.15) is 4.98 Å². The second-order valence-corrected chi connectivity index (χ2v) is 5.63. The molecule has 8 heteroatoms. The summed E-state index contributed by atoms with van der Waals surface area (Å²) in [6.45, 7) is 0. The first-order chi connectivity index (χ1) is 11.7. The predicted molar refractivity (Wildman–Crippen MR) is 90.7 cm³/mol. The standard InChI is InChI=1S/C16H15N3O4S/c1-21-10-5-6-11(13(8-10)22-2)18-14(20)9-24-16-19-15-12(23-16)4-3-7-17-15/h3-8H,9H2,1-2H3,(H,18,20). The van der Waals surface area contributed by atoms with Crippen LogP contribution in [0.5, 0.6) is 11.5 Å². The number of nitrogens with one attached hydrogen (secondary N) is 1. The smallest absolute Gasteiger partial charge is 0.258 e. The summed E-state index contributed by atoms with van der Waals surface area (Å²) in [5.41, 5.74) is 1.69. The summed E-state index contributed by atoms with van der Waals surface area (Å²) < 4.78 is 15.9. The van der Waals surface area contributed by atoms with Gasteiger partial charge in [-0.15, -0.1) is 0 Å². The predicted octanol–water partition coefficient (Wildman–Crippen LogP) is 2.97. The second-order valence-electron chi connectivity index (χ2n) is 4.71. The van der Waals surface area contributed by atoms with Gasteiger partial charge in [-0.3, -0.25) is 4.79 Å². The normalized spacial score (nSPS) is 10.6.